The first-order valence-corrected chi connectivity index (χ1v) is 23.1. The highest BCUT2D eigenvalue weighted by molar-refractivity contribution is 7.26. The SMILES string of the molecule is c1cc(-c2cccc3c2sc2ccccc23)cc(N(c2ccc(-c3ccc4c(c3)sc3ccccc34)cc2)c2c(-c3cccc4ccccc34)c3ccccc3c3ccccc23)c1. The first kappa shape index (κ1) is 36.1. The van der Waals surface area contributed by atoms with Crippen LogP contribution in [0.25, 0.3) is 106 Å². The lowest BCUT2D eigenvalue weighted by molar-refractivity contribution is 1.30. The van der Waals surface area contributed by atoms with Crippen LogP contribution in [0.2, 0.25) is 0 Å². The van der Waals surface area contributed by atoms with Crippen LogP contribution in [-0.2, 0) is 0 Å². The molecular weight excluding hydrogens is 799 g/mol. The number of benzene rings is 11. The van der Waals surface area contributed by atoms with E-state index in [1.54, 1.807) is 0 Å². The summed E-state index contributed by atoms with van der Waals surface area (Å²) in [6.45, 7) is 0. The van der Waals surface area contributed by atoms with Gasteiger partial charge < -0.3 is 4.90 Å². The molecule has 0 aliphatic rings. The Labute approximate surface area is 373 Å². The van der Waals surface area contributed by atoms with Crippen molar-refractivity contribution in [3.8, 4) is 33.4 Å². The summed E-state index contributed by atoms with van der Waals surface area (Å²) in [5.41, 5.74) is 10.7. The molecule has 2 heterocycles. The van der Waals surface area contributed by atoms with Gasteiger partial charge in [-0.2, -0.15) is 0 Å². The van der Waals surface area contributed by atoms with Gasteiger partial charge in [0.15, 0.2) is 0 Å². The topological polar surface area (TPSA) is 3.24 Å². The average Bonchev–Trinajstić information content (AvgIpc) is 3.93. The van der Waals surface area contributed by atoms with Crippen LogP contribution in [0.15, 0.2) is 224 Å². The lowest BCUT2D eigenvalue weighted by atomic mass is 9.88. The Morgan fingerprint density at radius 3 is 1.65 bits per heavy atom. The molecule has 0 atom stereocenters. The zero-order chi connectivity index (χ0) is 41.4. The molecule has 0 aliphatic heterocycles. The molecule has 13 aromatic rings. The number of rotatable bonds is 6. The number of thiophene rings is 2. The third-order valence-corrected chi connectivity index (χ3v) is 15.2. The molecule has 2 aromatic heterocycles. The maximum Gasteiger partial charge on any atom is 0.0625 e. The summed E-state index contributed by atoms with van der Waals surface area (Å²) < 4.78 is 5.26. The smallest absolute Gasteiger partial charge is 0.0625 e. The van der Waals surface area contributed by atoms with E-state index in [4.69, 9.17) is 0 Å². The molecule has 3 heteroatoms. The highest BCUT2D eigenvalue weighted by atomic mass is 32.1. The molecule has 0 unspecified atom stereocenters. The molecule has 294 valence electrons. The number of nitrogens with zero attached hydrogens (tertiary/aromatic N) is 1. The fourth-order valence-corrected chi connectivity index (χ4v) is 12.4. The zero-order valence-corrected chi connectivity index (χ0v) is 35.8. The summed E-state index contributed by atoms with van der Waals surface area (Å²) in [7, 11) is 0. The number of anilines is 3. The molecule has 13 rings (SSSR count). The molecule has 0 saturated heterocycles. The van der Waals surface area contributed by atoms with E-state index in [1.165, 1.54) is 106 Å². The van der Waals surface area contributed by atoms with Gasteiger partial charge in [0.2, 0.25) is 0 Å². The van der Waals surface area contributed by atoms with Crippen molar-refractivity contribution in [2.24, 2.45) is 0 Å². The second-order valence-corrected chi connectivity index (χ2v) is 18.5. The number of hydrogen-bond acceptors (Lipinski definition) is 3. The largest absolute Gasteiger partial charge is 0.309 e. The van der Waals surface area contributed by atoms with Gasteiger partial charge in [-0.3, -0.25) is 0 Å². The van der Waals surface area contributed by atoms with Crippen molar-refractivity contribution in [3.63, 3.8) is 0 Å². The van der Waals surface area contributed by atoms with Crippen LogP contribution < -0.4 is 4.90 Å². The summed E-state index contributed by atoms with van der Waals surface area (Å²) in [6.07, 6.45) is 0. The second kappa shape index (κ2) is 14.5. The summed E-state index contributed by atoms with van der Waals surface area (Å²) in [6, 6.07) is 83.2. The predicted octanol–water partition coefficient (Wildman–Crippen LogP) is 18.4. The van der Waals surface area contributed by atoms with Crippen molar-refractivity contribution in [3.05, 3.63) is 224 Å². The van der Waals surface area contributed by atoms with E-state index in [9.17, 15) is 0 Å². The van der Waals surface area contributed by atoms with Crippen molar-refractivity contribution < 1.29 is 0 Å². The quantitative estimate of drug-likeness (QED) is 0.151. The van der Waals surface area contributed by atoms with Crippen molar-refractivity contribution >= 4 is 112 Å². The van der Waals surface area contributed by atoms with E-state index in [2.05, 4.69) is 229 Å². The monoisotopic (exact) mass is 835 g/mol. The molecule has 0 amide bonds. The third-order valence-electron chi connectivity index (χ3n) is 12.8. The van der Waals surface area contributed by atoms with E-state index in [0.29, 0.717) is 0 Å². The zero-order valence-electron chi connectivity index (χ0n) is 34.1. The van der Waals surface area contributed by atoms with Gasteiger partial charge in [0, 0.05) is 62.7 Å². The Balaban J connectivity index is 1.08. The fraction of sp³-hybridized carbons (Fsp3) is 0. The number of fused-ring (bicyclic) bond motifs is 10. The first-order valence-electron chi connectivity index (χ1n) is 21.5. The Morgan fingerprint density at radius 1 is 0.286 bits per heavy atom. The van der Waals surface area contributed by atoms with Crippen LogP contribution in [0.4, 0.5) is 17.1 Å². The van der Waals surface area contributed by atoms with Crippen LogP contribution >= 0.6 is 22.7 Å². The molecule has 0 fully saturated rings. The molecule has 0 spiro atoms. The van der Waals surface area contributed by atoms with E-state index >= 15 is 0 Å². The molecule has 1 nitrogen and oxygen atoms in total. The van der Waals surface area contributed by atoms with Crippen LogP contribution in [-0.4, -0.2) is 0 Å². The Kier molecular flexibility index (Phi) is 8.33. The maximum atomic E-state index is 2.53. The van der Waals surface area contributed by atoms with Crippen LogP contribution in [0, 0.1) is 0 Å². The molecule has 11 aromatic carbocycles. The molecular formula is C60H37NS2. The van der Waals surface area contributed by atoms with Gasteiger partial charge in [-0.15, -0.1) is 22.7 Å². The second-order valence-electron chi connectivity index (χ2n) is 16.4. The van der Waals surface area contributed by atoms with Gasteiger partial charge in [0.05, 0.1) is 5.69 Å². The molecule has 0 aliphatic carbocycles. The summed E-state index contributed by atoms with van der Waals surface area (Å²) in [5.74, 6) is 0. The van der Waals surface area contributed by atoms with Crippen molar-refractivity contribution in [2.45, 2.75) is 0 Å². The average molecular weight is 836 g/mol. The lowest BCUT2D eigenvalue weighted by Crippen LogP contribution is -2.12. The molecule has 0 bridgehead atoms. The third kappa shape index (κ3) is 5.82. The van der Waals surface area contributed by atoms with Crippen LogP contribution in [0.3, 0.4) is 0 Å². The first-order chi connectivity index (χ1) is 31.2. The van der Waals surface area contributed by atoms with Crippen LogP contribution in [0.5, 0.6) is 0 Å². The van der Waals surface area contributed by atoms with Gasteiger partial charge in [-0.05, 0) is 97.2 Å². The Bertz CT molecular complexity index is 3920. The highest BCUT2D eigenvalue weighted by Gasteiger charge is 2.25. The normalized spacial score (nSPS) is 11.8. The Morgan fingerprint density at radius 2 is 0.841 bits per heavy atom. The highest BCUT2D eigenvalue weighted by Crippen LogP contribution is 2.51. The molecule has 0 N–H and O–H groups in total. The Hall–Kier alpha value is -7.56. The van der Waals surface area contributed by atoms with Gasteiger partial charge in [-0.25, -0.2) is 0 Å². The summed E-state index contributed by atoms with van der Waals surface area (Å²) in [4.78, 5) is 2.53. The minimum absolute atomic E-state index is 1.10. The molecule has 0 radical (unpaired) electrons. The van der Waals surface area contributed by atoms with Crippen molar-refractivity contribution in [2.75, 3.05) is 4.90 Å². The van der Waals surface area contributed by atoms with Gasteiger partial charge in [0.1, 0.15) is 0 Å². The van der Waals surface area contributed by atoms with Crippen molar-refractivity contribution in [1.82, 2.24) is 0 Å². The van der Waals surface area contributed by atoms with E-state index in [-0.39, 0.29) is 0 Å². The van der Waals surface area contributed by atoms with E-state index in [1.807, 2.05) is 22.7 Å². The van der Waals surface area contributed by atoms with E-state index in [0.717, 1.165) is 17.1 Å². The predicted molar refractivity (Wildman–Crippen MR) is 276 cm³/mol. The molecule has 63 heavy (non-hydrogen) atoms. The molecule has 0 saturated carbocycles. The lowest BCUT2D eigenvalue weighted by Gasteiger charge is -2.31. The van der Waals surface area contributed by atoms with Gasteiger partial charge >= 0.3 is 0 Å². The maximum absolute atomic E-state index is 2.53. The minimum Gasteiger partial charge on any atom is -0.309 e. The fourth-order valence-electron chi connectivity index (χ4n) is 9.97. The van der Waals surface area contributed by atoms with Gasteiger partial charge in [0.25, 0.3) is 0 Å². The number of hydrogen-bond donors (Lipinski definition) is 0. The summed E-state index contributed by atoms with van der Waals surface area (Å²) >= 11 is 3.75. The standard InChI is InChI=1S/C60H37NS2/c1-2-18-44-39(14-1)15-12-26-51(44)58-52-23-5-3-19-46(52)47-20-4-6-24-53(47)59(58)61(42-33-30-38(31-34-42)40-32-35-50-48-21-7-9-28-55(48)62-57(50)37-40)43-17-11-16-41(36-43)45-25-13-27-54-49-22-8-10-29-56(49)63-60(45)54/h1-37H. The summed E-state index contributed by atoms with van der Waals surface area (Å²) in [5, 5.41) is 12.6. The van der Waals surface area contributed by atoms with Gasteiger partial charge in [-0.1, -0.05) is 182 Å². The minimum atomic E-state index is 1.10. The van der Waals surface area contributed by atoms with E-state index < -0.39 is 0 Å². The van der Waals surface area contributed by atoms with Crippen LogP contribution in [0.1, 0.15) is 0 Å². The van der Waals surface area contributed by atoms with Crippen molar-refractivity contribution in [1.29, 1.82) is 0 Å².